The zero-order chi connectivity index (χ0) is 45.5. The molecule has 10 rings (SSSR count). The van der Waals surface area contributed by atoms with Crippen molar-refractivity contribution < 1.29 is 27.3 Å². The molecule has 0 aliphatic heterocycles. The summed E-state index contributed by atoms with van der Waals surface area (Å²) in [6.07, 6.45) is 2.11. The van der Waals surface area contributed by atoms with Gasteiger partial charge in [0, 0.05) is 46.3 Å². The predicted molar refractivity (Wildman–Crippen MR) is 265 cm³/mol. The van der Waals surface area contributed by atoms with Gasteiger partial charge < -0.3 is 14.0 Å². The molecule has 7 heteroatoms. The van der Waals surface area contributed by atoms with Crippen molar-refractivity contribution in [3.63, 3.8) is 0 Å². The van der Waals surface area contributed by atoms with Crippen LogP contribution >= 0.6 is 0 Å². The van der Waals surface area contributed by atoms with Crippen molar-refractivity contribution in [2.75, 3.05) is 0 Å². The van der Waals surface area contributed by atoms with E-state index in [1.807, 2.05) is 97.2 Å². The van der Waals surface area contributed by atoms with E-state index < -0.39 is 14.4 Å². The molecule has 4 heterocycles. The third-order valence-corrected chi connectivity index (χ3v) is 13.5. The van der Waals surface area contributed by atoms with Crippen LogP contribution in [-0.2, 0) is 26.5 Å². The maximum atomic E-state index is 8.84. The Hall–Kier alpha value is -6.24. The molecule has 0 N–H and O–H groups in total. The first-order chi connectivity index (χ1) is 31.3. The molecule has 64 heavy (non-hydrogen) atoms. The van der Waals surface area contributed by atoms with Gasteiger partial charge in [0.25, 0.3) is 0 Å². The van der Waals surface area contributed by atoms with E-state index in [1.165, 1.54) is 22.3 Å². The number of fused-ring (bicyclic) bond motifs is 4. The molecule has 6 aromatic carbocycles. The Morgan fingerprint density at radius 2 is 1.38 bits per heavy atom. The van der Waals surface area contributed by atoms with Crippen molar-refractivity contribution in [1.82, 2.24) is 19.5 Å². The quantitative estimate of drug-likeness (QED) is 0.107. The van der Waals surface area contributed by atoms with Crippen molar-refractivity contribution >= 4 is 46.4 Å². The molecule has 0 aliphatic carbocycles. The van der Waals surface area contributed by atoms with Gasteiger partial charge >= 0.3 is 0 Å². The molecule has 1 radical (unpaired) electrons. The fourth-order valence-corrected chi connectivity index (χ4v) is 9.71. The van der Waals surface area contributed by atoms with E-state index in [0.717, 1.165) is 66.5 Å². The third kappa shape index (κ3) is 8.94. The van der Waals surface area contributed by atoms with Crippen molar-refractivity contribution in [2.24, 2.45) is 0 Å². The zero-order valence-electron chi connectivity index (χ0n) is 39.3. The number of benzene rings is 6. The molecule has 0 spiro atoms. The Bertz CT molecular complexity index is 3260. The normalized spacial score (nSPS) is 12.3. The molecular formula is C57H52IrN4OSi-2. The van der Waals surface area contributed by atoms with Crippen LogP contribution < -0.4 is 5.19 Å². The Balaban J connectivity index is 0.000000197. The zero-order valence-corrected chi connectivity index (χ0v) is 40.7. The average Bonchev–Trinajstić information content (AvgIpc) is 3.90. The summed E-state index contributed by atoms with van der Waals surface area (Å²) in [5.74, 6) is 1.35. The number of imidazole rings is 1. The van der Waals surface area contributed by atoms with Gasteiger partial charge in [-0.1, -0.05) is 149 Å². The molecule has 0 atom stereocenters. The topological polar surface area (TPSA) is 56.7 Å². The van der Waals surface area contributed by atoms with E-state index in [1.54, 1.807) is 6.20 Å². The molecule has 0 bridgehead atoms. The second-order valence-electron chi connectivity index (χ2n) is 17.6. The van der Waals surface area contributed by atoms with Crippen molar-refractivity contribution in [2.45, 2.75) is 65.5 Å². The van der Waals surface area contributed by atoms with E-state index in [2.05, 4.69) is 135 Å². The molecule has 0 saturated heterocycles. The van der Waals surface area contributed by atoms with Crippen LogP contribution in [0.2, 0.25) is 19.6 Å². The third-order valence-electron chi connectivity index (χ3n) is 11.5. The second-order valence-corrected chi connectivity index (χ2v) is 22.7. The van der Waals surface area contributed by atoms with E-state index >= 15 is 0 Å². The summed E-state index contributed by atoms with van der Waals surface area (Å²) in [6, 6.07) is 57.3. The molecule has 0 amide bonds. The standard InChI is InChI=1S/C36H30N3O.C21H22NSi.Ir/c1-22(2)29-20-25(24-12-6-5-7-13-24)21-30(23(3)4)33(29)39-31-17-11-19-37-35(31)38-36(39)28-16-10-15-27-26-14-8-9-18-32(26)40-34(27)28;1-23(2,3)21-16-22-20(18-12-8-5-9-13-18)15-19(21)14-17-10-6-4-7-11-17;/h5-15,17-23H,1-4H3;4-12,15-16H,14H2,1-3H3;/q2*-1;/i;14D2;. The fourth-order valence-electron chi connectivity index (χ4n) is 8.31. The largest absolute Gasteiger partial charge is 0.501 e. The first-order valence-corrected chi connectivity index (χ1v) is 25.2. The van der Waals surface area contributed by atoms with Crippen molar-refractivity contribution in [3.05, 3.63) is 198 Å². The first-order valence-electron chi connectivity index (χ1n) is 22.7. The minimum atomic E-state index is -1.76. The van der Waals surface area contributed by atoms with Crippen LogP contribution in [0.3, 0.4) is 0 Å². The number of hydrogen-bond acceptors (Lipinski definition) is 4. The Kier molecular flexibility index (Phi) is 12.3. The van der Waals surface area contributed by atoms with Gasteiger partial charge in [-0.3, -0.25) is 4.98 Å². The maximum absolute atomic E-state index is 8.84. The van der Waals surface area contributed by atoms with Crippen LogP contribution in [0.1, 0.15) is 64.5 Å². The smallest absolute Gasteiger partial charge is 0.168 e. The number of para-hydroxylation sites is 1. The van der Waals surface area contributed by atoms with Gasteiger partial charge in [-0.15, -0.1) is 54.1 Å². The number of nitrogens with zero attached hydrogens (tertiary/aromatic N) is 4. The van der Waals surface area contributed by atoms with Crippen LogP contribution in [0.15, 0.2) is 168 Å². The van der Waals surface area contributed by atoms with Gasteiger partial charge in [-0.05, 0) is 87.2 Å². The molecule has 0 saturated carbocycles. The molecule has 0 unspecified atom stereocenters. The summed E-state index contributed by atoms with van der Waals surface area (Å²) >= 11 is 0. The Labute approximate surface area is 394 Å². The monoisotopic (exact) mass is 1030 g/mol. The molecular weight excluding hydrogens is 977 g/mol. The van der Waals surface area contributed by atoms with Crippen LogP contribution in [0, 0.1) is 12.1 Å². The SMILES string of the molecule is CC(C)c1cc(-c2ccccc2)cc(C(C)C)c1-n1c(-c2[c-]ccc3c2oc2ccccc23)nc2ncccc21.[2H]C([2H])(c1ccccc1)c1cc(-c2[c-]cccc2)ncc1[Si](C)(C)C.[Ir]. The van der Waals surface area contributed by atoms with Crippen LogP contribution in [0.25, 0.3) is 72.6 Å². The van der Waals surface area contributed by atoms with Gasteiger partial charge in [-0.2, -0.15) is 0 Å². The first kappa shape index (κ1) is 41.7. The molecule has 10 aromatic rings. The van der Waals surface area contributed by atoms with Crippen LogP contribution in [-0.4, -0.2) is 27.6 Å². The van der Waals surface area contributed by atoms with Gasteiger partial charge in [0.1, 0.15) is 5.58 Å². The van der Waals surface area contributed by atoms with E-state index in [0.29, 0.717) is 11.2 Å². The summed E-state index contributed by atoms with van der Waals surface area (Å²) in [6.45, 7) is 15.7. The van der Waals surface area contributed by atoms with Gasteiger partial charge in [-0.25, -0.2) is 4.98 Å². The summed E-state index contributed by atoms with van der Waals surface area (Å²) in [7, 11) is -1.76. The van der Waals surface area contributed by atoms with Gasteiger partial charge in [0.2, 0.25) is 0 Å². The molecule has 321 valence electrons. The minimum Gasteiger partial charge on any atom is -0.501 e. The molecule has 0 fully saturated rings. The Morgan fingerprint density at radius 3 is 2.06 bits per heavy atom. The fraction of sp³-hybridized carbons (Fsp3) is 0.175. The van der Waals surface area contributed by atoms with Crippen molar-refractivity contribution in [1.29, 1.82) is 0 Å². The number of furan rings is 1. The maximum Gasteiger partial charge on any atom is 0.168 e. The summed E-state index contributed by atoms with van der Waals surface area (Å²) in [4.78, 5) is 14.4. The van der Waals surface area contributed by atoms with Crippen LogP contribution in [0.5, 0.6) is 0 Å². The van der Waals surface area contributed by atoms with E-state index in [9.17, 15) is 0 Å². The van der Waals surface area contributed by atoms with Crippen molar-refractivity contribution in [3.8, 4) is 39.5 Å². The summed E-state index contributed by atoms with van der Waals surface area (Å²) < 4.78 is 26.4. The molecule has 0 aliphatic rings. The minimum absolute atomic E-state index is 0. The summed E-state index contributed by atoms with van der Waals surface area (Å²) in [5, 5.41) is 3.20. The number of aromatic nitrogens is 4. The molecule has 5 nitrogen and oxygen atoms in total. The predicted octanol–water partition coefficient (Wildman–Crippen LogP) is 14.4. The second kappa shape index (κ2) is 18.8. The summed E-state index contributed by atoms with van der Waals surface area (Å²) in [5.41, 5.74) is 13.3. The number of rotatable bonds is 9. The van der Waals surface area contributed by atoms with Gasteiger partial charge in [0.15, 0.2) is 5.65 Å². The number of pyridine rings is 2. The molecule has 4 aromatic heterocycles. The van der Waals surface area contributed by atoms with E-state index in [-0.39, 0.29) is 31.9 Å². The van der Waals surface area contributed by atoms with E-state index in [4.69, 9.17) is 12.1 Å². The number of hydrogen-bond donors (Lipinski definition) is 0. The average molecular weight is 1030 g/mol. The van der Waals surface area contributed by atoms with Crippen LogP contribution in [0.4, 0.5) is 0 Å². The van der Waals surface area contributed by atoms with Gasteiger partial charge in [0.05, 0.1) is 25.0 Å². The Morgan fingerprint density at radius 1 is 0.688 bits per heavy atom.